The minimum atomic E-state index is -2.36. The molecule has 0 aromatic rings. The molecule has 0 amide bonds. The van der Waals surface area contributed by atoms with E-state index in [4.69, 9.17) is 9.66 Å². The second kappa shape index (κ2) is 5.85. The third-order valence-corrected chi connectivity index (χ3v) is 1.79. The van der Waals surface area contributed by atoms with Crippen molar-refractivity contribution in [1.29, 1.82) is 0 Å². The van der Waals surface area contributed by atoms with E-state index in [0.29, 0.717) is 6.42 Å². The molecule has 2 atom stereocenters. The van der Waals surface area contributed by atoms with Gasteiger partial charge < -0.3 is 5.11 Å². The third-order valence-electron chi connectivity index (χ3n) is 1.38. The quantitative estimate of drug-likeness (QED) is 0.519. The van der Waals surface area contributed by atoms with Gasteiger partial charge in [0.05, 0.1) is 6.10 Å². The molecule has 6 heteroatoms. The molecule has 0 spiro atoms. The molecule has 0 aliphatic rings. The lowest BCUT2D eigenvalue weighted by atomic mass is 10.2. The highest BCUT2D eigenvalue weighted by molar-refractivity contribution is 7.74. The van der Waals surface area contributed by atoms with Crippen molar-refractivity contribution in [2.24, 2.45) is 0 Å². The lowest BCUT2D eigenvalue weighted by molar-refractivity contribution is -0.132. The molecule has 0 aromatic carbocycles. The molecule has 0 saturated carbocycles. The van der Waals surface area contributed by atoms with Gasteiger partial charge in [0.2, 0.25) is 0 Å². The molecule has 0 bridgehead atoms. The third kappa shape index (κ3) is 5.51. The summed E-state index contributed by atoms with van der Waals surface area (Å²) < 4.78 is 23.1. The highest BCUT2D eigenvalue weighted by Gasteiger charge is 2.09. The second-order valence-corrected chi connectivity index (χ2v) is 3.04. The molecule has 0 aromatic heterocycles. The van der Waals surface area contributed by atoms with Crippen molar-refractivity contribution < 1.29 is 22.8 Å². The average molecular weight is 208 g/mol. The Morgan fingerprint density at radius 1 is 1.69 bits per heavy atom. The monoisotopic (exact) mass is 208 g/mol. The van der Waals surface area contributed by atoms with Crippen LogP contribution in [0.2, 0.25) is 0 Å². The number of carboxylic acids is 1. The first-order chi connectivity index (χ1) is 5.97. The van der Waals surface area contributed by atoms with E-state index in [1.165, 1.54) is 13.0 Å². The van der Waals surface area contributed by atoms with Crippen LogP contribution in [-0.2, 0) is 20.3 Å². The Hall–Kier alpha value is -0.720. The zero-order valence-electron chi connectivity index (χ0n) is 7.39. The van der Waals surface area contributed by atoms with Gasteiger partial charge >= 0.3 is 17.3 Å². The summed E-state index contributed by atoms with van der Waals surface area (Å²) in [4.78, 5) is 10.4. The van der Waals surface area contributed by atoms with Crippen molar-refractivity contribution >= 4 is 17.3 Å². The van der Waals surface area contributed by atoms with Crippen molar-refractivity contribution in [3.8, 4) is 0 Å². The second-order valence-electron chi connectivity index (χ2n) is 2.41. The van der Waals surface area contributed by atoms with E-state index in [0.717, 1.165) is 0 Å². The standard InChI is InChI=1S/C7H12O5S/c1-3-6(12-13(10)11)4-5(2)7(8)9/h4,6H,3H2,1-2H3,(H,8,9)(H,10,11). The molecule has 0 radical (unpaired) electrons. The number of carboxylic acid groups (broad SMARTS) is 1. The van der Waals surface area contributed by atoms with Crippen LogP contribution in [-0.4, -0.2) is 25.9 Å². The van der Waals surface area contributed by atoms with Crippen LogP contribution in [0.1, 0.15) is 20.3 Å². The number of carbonyl (C=O) groups is 1. The van der Waals surface area contributed by atoms with Gasteiger partial charge in [0.15, 0.2) is 0 Å². The highest BCUT2D eigenvalue weighted by atomic mass is 32.2. The number of aliphatic carboxylic acids is 1. The average Bonchev–Trinajstić information content (AvgIpc) is 2.02. The maximum atomic E-state index is 10.4. The summed E-state index contributed by atoms with van der Waals surface area (Å²) in [5.74, 6) is -1.06. The van der Waals surface area contributed by atoms with E-state index in [2.05, 4.69) is 4.18 Å². The summed E-state index contributed by atoms with van der Waals surface area (Å²) in [5, 5.41) is 8.50. The van der Waals surface area contributed by atoms with Gasteiger partial charge in [0.1, 0.15) is 0 Å². The first kappa shape index (κ1) is 12.3. The molecular formula is C7H12O5S. The fourth-order valence-corrected chi connectivity index (χ4v) is 1.07. The van der Waals surface area contributed by atoms with Crippen molar-refractivity contribution in [3.63, 3.8) is 0 Å². The molecule has 5 nitrogen and oxygen atoms in total. The molecule has 13 heavy (non-hydrogen) atoms. The zero-order valence-corrected chi connectivity index (χ0v) is 8.21. The van der Waals surface area contributed by atoms with E-state index in [-0.39, 0.29) is 5.57 Å². The Morgan fingerprint density at radius 3 is 2.54 bits per heavy atom. The van der Waals surface area contributed by atoms with Crippen LogP contribution in [0.4, 0.5) is 0 Å². The Kier molecular flexibility index (Phi) is 5.52. The lowest BCUT2D eigenvalue weighted by Gasteiger charge is -2.07. The number of hydrogen-bond donors (Lipinski definition) is 2. The molecule has 0 saturated heterocycles. The van der Waals surface area contributed by atoms with Crippen molar-refractivity contribution in [2.75, 3.05) is 0 Å². The molecule has 0 heterocycles. The summed E-state index contributed by atoms with van der Waals surface area (Å²) in [7, 11) is 0. The van der Waals surface area contributed by atoms with Crippen LogP contribution in [0.15, 0.2) is 11.6 Å². The van der Waals surface area contributed by atoms with E-state index in [1.807, 2.05) is 0 Å². The molecule has 2 unspecified atom stereocenters. The van der Waals surface area contributed by atoms with E-state index < -0.39 is 23.4 Å². The summed E-state index contributed by atoms with van der Waals surface area (Å²) >= 11 is -2.36. The topological polar surface area (TPSA) is 83.8 Å². The van der Waals surface area contributed by atoms with Gasteiger partial charge in [-0.3, -0.25) is 8.74 Å². The zero-order chi connectivity index (χ0) is 10.4. The number of rotatable bonds is 5. The van der Waals surface area contributed by atoms with E-state index >= 15 is 0 Å². The molecule has 2 N–H and O–H groups in total. The van der Waals surface area contributed by atoms with Crippen LogP contribution in [0, 0.1) is 0 Å². The van der Waals surface area contributed by atoms with Gasteiger partial charge in [0.25, 0.3) is 0 Å². The van der Waals surface area contributed by atoms with Crippen molar-refractivity contribution in [1.82, 2.24) is 0 Å². The molecule has 76 valence electrons. The normalized spacial score (nSPS) is 16.7. The fraction of sp³-hybridized carbons (Fsp3) is 0.571. The minimum Gasteiger partial charge on any atom is -0.478 e. The predicted molar refractivity (Wildman–Crippen MR) is 47.3 cm³/mol. The number of hydrogen-bond acceptors (Lipinski definition) is 3. The lowest BCUT2D eigenvalue weighted by Crippen LogP contribution is -2.12. The molecule has 0 fully saturated rings. The molecule has 0 rings (SSSR count). The van der Waals surface area contributed by atoms with Crippen LogP contribution >= 0.6 is 0 Å². The maximum absolute atomic E-state index is 10.4. The van der Waals surface area contributed by atoms with Crippen LogP contribution < -0.4 is 0 Å². The van der Waals surface area contributed by atoms with Crippen LogP contribution in [0.3, 0.4) is 0 Å². The van der Waals surface area contributed by atoms with Gasteiger partial charge in [-0.1, -0.05) is 6.92 Å². The molecular weight excluding hydrogens is 196 g/mol. The van der Waals surface area contributed by atoms with Gasteiger partial charge in [-0.15, -0.1) is 0 Å². The highest BCUT2D eigenvalue weighted by Crippen LogP contribution is 2.05. The smallest absolute Gasteiger partial charge is 0.331 e. The SMILES string of the molecule is CCC(C=C(C)C(=O)O)OS(=O)O. The fourth-order valence-electron chi connectivity index (χ4n) is 0.670. The Morgan fingerprint density at radius 2 is 2.23 bits per heavy atom. The summed E-state index contributed by atoms with van der Waals surface area (Å²) in [5.41, 5.74) is 0.0947. The van der Waals surface area contributed by atoms with Gasteiger partial charge in [-0.25, -0.2) is 4.79 Å². The first-order valence-electron chi connectivity index (χ1n) is 3.67. The Bertz CT molecular complexity index is 235. The maximum Gasteiger partial charge on any atom is 0.331 e. The van der Waals surface area contributed by atoms with Crippen molar-refractivity contribution in [3.05, 3.63) is 11.6 Å². The summed E-state index contributed by atoms with van der Waals surface area (Å²) in [6.07, 6.45) is 1.11. The van der Waals surface area contributed by atoms with Crippen molar-refractivity contribution in [2.45, 2.75) is 26.4 Å². The van der Waals surface area contributed by atoms with Crippen LogP contribution in [0.5, 0.6) is 0 Å². The Labute approximate surface area is 78.9 Å². The van der Waals surface area contributed by atoms with Gasteiger partial charge in [-0.05, 0) is 19.4 Å². The van der Waals surface area contributed by atoms with Gasteiger partial charge in [-0.2, -0.15) is 4.21 Å². The largest absolute Gasteiger partial charge is 0.478 e. The van der Waals surface area contributed by atoms with Gasteiger partial charge in [0, 0.05) is 5.57 Å². The predicted octanol–water partition coefficient (Wildman–Crippen LogP) is 0.949. The Balaban J connectivity index is 4.34. The van der Waals surface area contributed by atoms with E-state index in [1.54, 1.807) is 6.92 Å². The summed E-state index contributed by atoms with van der Waals surface area (Å²) in [6.45, 7) is 3.12. The summed E-state index contributed by atoms with van der Waals surface area (Å²) in [6, 6.07) is 0. The van der Waals surface area contributed by atoms with Crippen LogP contribution in [0.25, 0.3) is 0 Å². The molecule has 0 aliphatic heterocycles. The molecule has 0 aliphatic carbocycles. The van der Waals surface area contributed by atoms with E-state index in [9.17, 15) is 9.00 Å². The first-order valence-corrected chi connectivity index (χ1v) is 4.70. The minimum absolute atomic E-state index is 0.0947.